The molecule has 0 spiro atoms. The van der Waals surface area contributed by atoms with Crippen LogP contribution in [0.25, 0.3) is 0 Å². The second-order valence-corrected chi connectivity index (χ2v) is 8.69. The van der Waals surface area contributed by atoms with Gasteiger partial charge in [0.25, 0.3) is 0 Å². The van der Waals surface area contributed by atoms with E-state index in [2.05, 4.69) is 0 Å². The van der Waals surface area contributed by atoms with Gasteiger partial charge < -0.3 is 9.64 Å². The molecule has 31 heavy (non-hydrogen) atoms. The van der Waals surface area contributed by atoms with E-state index in [4.69, 9.17) is 4.74 Å². The second kappa shape index (κ2) is 8.40. The molecule has 2 aliphatic heterocycles. The fraction of sp³-hybridized carbons (Fsp3) is 0.565. The maximum atomic E-state index is 14.9. The van der Waals surface area contributed by atoms with Crippen LogP contribution in [-0.4, -0.2) is 59.2 Å². The smallest absolute Gasteiger partial charge is 0.328 e. The SMILES string of the molecule is COC(=O)[C@@H]1CCCN1C(=O)C[C@]1(c2ccccc2F)CC(=O)N(C2CCCC2)C1=O. The van der Waals surface area contributed by atoms with Gasteiger partial charge in [0.2, 0.25) is 17.7 Å². The third-order valence-electron chi connectivity index (χ3n) is 6.93. The molecule has 4 rings (SSSR count). The summed E-state index contributed by atoms with van der Waals surface area (Å²) < 4.78 is 19.7. The van der Waals surface area contributed by atoms with Gasteiger partial charge in [-0.25, -0.2) is 9.18 Å². The normalized spacial score (nSPS) is 26.7. The predicted molar refractivity (Wildman–Crippen MR) is 108 cm³/mol. The lowest BCUT2D eigenvalue weighted by atomic mass is 9.75. The zero-order chi connectivity index (χ0) is 22.2. The summed E-state index contributed by atoms with van der Waals surface area (Å²) in [6.45, 7) is 0.362. The van der Waals surface area contributed by atoms with Crippen molar-refractivity contribution in [3.63, 3.8) is 0 Å². The average molecular weight is 430 g/mol. The van der Waals surface area contributed by atoms with Crippen LogP contribution in [0, 0.1) is 5.82 Å². The molecule has 0 bridgehead atoms. The molecular weight excluding hydrogens is 403 g/mol. The highest BCUT2D eigenvalue weighted by molar-refractivity contribution is 6.11. The minimum absolute atomic E-state index is 0.0658. The number of nitrogens with zero attached hydrogens (tertiary/aromatic N) is 2. The summed E-state index contributed by atoms with van der Waals surface area (Å²) in [7, 11) is 1.27. The second-order valence-electron chi connectivity index (χ2n) is 8.69. The minimum Gasteiger partial charge on any atom is -0.467 e. The van der Waals surface area contributed by atoms with Gasteiger partial charge in [0.05, 0.1) is 12.5 Å². The first-order valence-corrected chi connectivity index (χ1v) is 10.9. The molecule has 7 nitrogen and oxygen atoms in total. The molecule has 1 saturated carbocycles. The lowest BCUT2D eigenvalue weighted by Crippen LogP contribution is -2.48. The maximum Gasteiger partial charge on any atom is 0.328 e. The highest BCUT2D eigenvalue weighted by atomic mass is 19.1. The van der Waals surface area contributed by atoms with Gasteiger partial charge in [0, 0.05) is 31.0 Å². The number of benzene rings is 1. The van der Waals surface area contributed by atoms with Crippen LogP contribution >= 0.6 is 0 Å². The van der Waals surface area contributed by atoms with E-state index >= 15 is 0 Å². The van der Waals surface area contributed by atoms with Gasteiger partial charge in [-0.3, -0.25) is 19.3 Å². The summed E-state index contributed by atoms with van der Waals surface area (Å²) in [4.78, 5) is 54.8. The maximum absolute atomic E-state index is 14.9. The quantitative estimate of drug-likeness (QED) is 0.529. The monoisotopic (exact) mass is 430 g/mol. The van der Waals surface area contributed by atoms with E-state index in [-0.39, 0.29) is 30.4 Å². The Morgan fingerprint density at radius 2 is 1.84 bits per heavy atom. The minimum atomic E-state index is -1.59. The number of ether oxygens (including phenoxy) is 1. The molecule has 1 aliphatic carbocycles. The van der Waals surface area contributed by atoms with E-state index in [0.29, 0.717) is 19.4 Å². The standard InChI is InChI=1S/C23H27FN2O5/c1-31-21(29)18-11-6-12-25(18)19(27)13-23(16-9-4-5-10-17(16)24)14-20(28)26(22(23)30)15-7-2-3-8-15/h4-5,9-10,15,18H,2-3,6-8,11-14H2,1H3/t18-,23+/m0/s1. The van der Waals surface area contributed by atoms with Crippen molar-refractivity contribution in [3.8, 4) is 0 Å². The van der Waals surface area contributed by atoms with E-state index in [9.17, 15) is 23.6 Å². The first-order chi connectivity index (χ1) is 14.9. The molecule has 3 fully saturated rings. The molecule has 2 heterocycles. The van der Waals surface area contributed by atoms with Crippen LogP contribution in [0.4, 0.5) is 4.39 Å². The van der Waals surface area contributed by atoms with E-state index in [1.54, 1.807) is 6.07 Å². The van der Waals surface area contributed by atoms with E-state index in [1.165, 1.54) is 35.1 Å². The van der Waals surface area contributed by atoms with Crippen LogP contribution in [-0.2, 0) is 29.3 Å². The van der Waals surface area contributed by atoms with Crippen molar-refractivity contribution in [1.82, 2.24) is 9.80 Å². The molecule has 0 aromatic heterocycles. The van der Waals surface area contributed by atoms with Crippen LogP contribution in [0.1, 0.15) is 56.9 Å². The van der Waals surface area contributed by atoms with Crippen LogP contribution in [0.5, 0.6) is 0 Å². The number of amides is 3. The Labute approximate surface area is 180 Å². The number of imide groups is 1. The molecule has 3 aliphatic rings. The van der Waals surface area contributed by atoms with Gasteiger partial charge >= 0.3 is 5.97 Å². The lowest BCUT2D eigenvalue weighted by molar-refractivity contribution is -0.152. The molecule has 8 heteroatoms. The number of likely N-dealkylation sites (tertiary alicyclic amines) is 2. The fourth-order valence-electron chi connectivity index (χ4n) is 5.39. The highest BCUT2D eigenvalue weighted by Gasteiger charge is 2.57. The summed E-state index contributed by atoms with van der Waals surface area (Å²) in [5, 5.41) is 0. The molecule has 3 amide bonds. The number of carbonyl (C=O) groups is 4. The van der Waals surface area contributed by atoms with Crippen molar-refractivity contribution >= 4 is 23.7 Å². The van der Waals surface area contributed by atoms with Crippen molar-refractivity contribution < 1.29 is 28.3 Å². The highest BCUT2D eigenvalue weighted by Crippen LogP contribution is 2.44. The van der Waals surface area contributed by atoms with Crippen molar-refractivity contribution in [2.24, 2.45) is 0 Å². The third-order valence-corrected chi connectivity index (χ3v) is 6.93. The topological polar surface area (TPSA) is 84.0 Å². The van der Waals surface area contributed by atoms with Crippen molar-refractivity contribution in [2.75, 3.05) is 13.7 Å². The first kappa shape index (κ1) is 21.5. The lowest BCUT2D eigenvalue weighted by Gasteiger charge is -2.32. The Morgan fingerprint density at radius 3 is 2.52 bits per heavy atom. The molecule has 1 aromatic carbocycles. The third kappa shape index (κ3) is 3.62. The Morgan fingerprint density at radius 1 is 1.13 bits per heavy atom. The fourth-order valence-corrected chi connectivity index (χ4v) is 5.39. The Kier molecular flexibility index (Phi) is 5.81. The van der Waals surface area contributed by atoms with Crippen molar-refractivity contribution in [3.05, 3.63) is 35.6 Å². The summed E-state index contributed by atoms with van der Waals surface area (Å²) in [5.41, 5.74) is -1.53. The number of hydrogen-bond acceptors (Lipinski definition) is 5. The first-order valence-electron chi connectivity index (χ1n) is 10.9. The number of hydrogen-bond donors (Lipinski definition) is 0. The molecule has 0 N–H and O–H groups in total. The molecule has 2 saturated heterocycles. The van der Waals surface area contributed by atoms with E-state index in [0.717, 1.165) is 25.7 Å². The zero-order valence-corrected chi connectivity index (χ0v) is 17.6. The van der Waals surface area contributed by atoms with Gasteiger partial charge in [0.15, 0.2) is 0 Å². The number of esters is 1. The van der Waals surface area contributed by atoms with Gasteiger partial charge in [-0.1, -0.05) is 31.0 Å². The van der Waals surface area contributed by atoms with Gasteiger partial charge in [-0.05, 0) is 31.7 Å². The summed E-state index contributed by atoms with van der Waals surface area (Å²) >= 11 is 0. The van der Waals surface area contributed by atoms with Gasteiger partial charge in [0.1, 0.15) is 11.9 Å². The summed E-state index contributed by atoms with van der Waals surface area (Å²) in [6, 6.07) is 4.93. The van der Waals surface area contributed by atoms with E-state index in [1.807, 2.05) is 0 Å². The number of rotatable bonds is 5. The zero-order valence-electron chi connectivity index (χ0n) is 17.6. The summed E-state index contributed by atoms with van der Waals surface area (Å²) in [5.74, 6) is -2.43. The molecule has 1 aromatic rings. The Hall–Kier alpha value is -2.77. The number of halogens is 1. The van der Waals surface area contributed by atoms with Gasteiger partial charge in [-0.15, -0.1) is 0 Å². The van der Waals surface area contributed by atoms with Crippen molar-refractivity contribution in [1.29, 1.82) is 0 Å². The van der Waals surface area contributed by atoms with E-state index < -0.39 is 35.1 Å². The molecule has 0 radical (unpaired) electrons. The van der Waals surface area contributed by atoms with Crippen molar-refractivity contribution in [2.45, 2.75) is 68.9 Å². The molecule has 166 valence electrons. The largest absolute Gasteiger partial charge is 0.467 e. The Bertz CT molecular complexity index is 913. The Balaban J connectivity index is 1.70. The summed E-state index contributed by atoms with van der Waals surface area (Å²) in [6.07, 6.45) is 3.85. The molecule has 0 unspecified atom stereocenters. The number of methoxy groups -OCH3 is 1. The average Bonchev–Trinajstić information content (AvgIpc) is 3.49. The van der Waals surface area contributed by atoms with Crippen LogP contribution < -0.4 is 0 Å². The van der Waals surface area contributed by atoms with Crippen LogP contribution in [0.3, 0.4) is 0 Å². The number of carbonyl (C=O) groups excluding carboxylic acids is 4. The van der Waals surface area contributed by atoms with Crippen LogP contribution in [0.15, 0.2) is 24.3 Å². The van der Waals surface area contributed by atoms with Crippen LogP contribution in [0.2, 0.25) is 0 Å². The molecule has 2 atom stereocenters. The van der Waals surface area contributed by atoms with Gasteiger partial charge in [-0.2, -0.15) is 0 Å². The predicted octanol–water partition coefficient (Wildman–Crippen LogP) is 2.32. The molecular formula is C23H27FN2O5.